The summed E-state index contributed by atoms with van der Waals surface area (Å²) in [5.41, 5.74) is 1.40. The van der Waals surface area contributed by atoms with Crippen molar-refractivity contribution in [1.29, 1.82) is 0 Å². The van der Waals surface area contributed by atoms with Gasteiger partial charge in [-0.15, -0.1) is 0 Å². The molecule has 0 aromatic heterocycles. The first kappa shape index (κ1) is 14.5. The van der Waals surface area contributed by atoms with E-state index in [0.29, 0.717) is 0 Å². The summed E-state index contributed by atoms with van der Waals surface area (Å²) in [7, 11) is 0. The van der Waals surface area contributed by atoms with Gasteiger partial charge in [-0.3, -0.25) is 0 Å². The number of carbonyl (C=O) groups excluding carboxylic acids is 1. The molecule has 0 heterocycles. The zero-order valence-electron chi connectivity index (χ0n) is 11.4. The third-order valence-electron chi connectivity index (χ3n) is 2.32. The lowest BCUT2D eigenvalue weighted by Gasteiger charge is -2.23. The maximum atomic E-state index is 11.6. The summed E-state index contributed by atoms with van der Waals surface area (Å²) in [6.45, 7) is 7.20. The van der Waals surface area contributed by atoms with Crippen molar-refractivity contribution in [2.75, 3.05) is 6.61 Å². The van der Waals surface area contributed by atoms with Crippen LogP contribution in [-0.4, -0.2) is 23.4 Å². The van der Waals surface area contributed by atoms with Gasteiger partial charge in [-0.2, -0.15) is 0 Å². The minimum Gasteiger partial charge on any atom is -0.444 e. The molecule has 100 valence electrons. The van der Waals surface area contributed by atoms with Gasteiger partial charge in [0, 0.05) is 0 Å². The average Bonchev–Trinajstić information content (AvgIpc) is 2.23. The molecule has 4 nitrogen and oxygen atoms in total. The molecule has 0 aliphatic heterocycles. The Morgan fingerprint density at radius 2 is 2.11 bits per heavy atom. The fourth-order valence-electron chi connectivity index (χ4n) is 1.57. The van der Waals surface area contributed by atoms with Crippen molar-refractivity contribution in [2.45, 2.75) is 39.3 Å². The lowest BCUT2D eigenvalue weighted by Crippen LogP contribution is -2.36. The van der Waals surface area contributed by atoms with Crippen LogP contribution in [0.25, 0.3) is 0 Å². The number of carbonyl (C=O) groups is 1. The van der Waals surface area contributed by atoms with Crippen molar-refractivity contribution in [3.63, 3.8) is 0 Å². The van der Waals surface area contributed by atoms with Crippen LogP contribution >= 0.6 is 0 Å². The number of alkyl carbamates (subject to hydrolysis) is 1. The first-order valence-corrected chi connectivity index (χ1v) is 5.99. The van der Waals surface area contributed by atoms with E-state index in [0.717, 1.165) is 11.1 Å². The van der Waals surface area contributed by atoms with Crippen molar-refractivity contribution in [3.05, 3.63) is 35.4 Å². The monoisotopic (exact) mass is 251 g/mol. The maximum Gasteiger partial charge on any atom is 0.408 e. The molecule has 1 aromatic rings. The van der Waals surface area contributed by atoms with Crippen LogP contribution < -0.4 is 5.32 Å². The van der Waals surface area contributed by atoms with Crippen molar-refractivity contribution in [3.8, 4) is 0 Å². The highest BCUT2D eigenvalue weighted by molar-refractivity contribution is 5.68. The summed E-state index contributed by atoms with van der Waals surface area (Å²) in [5.74, 6) is 0. The molecule has 2 N–H and O–H groups in total. The second-order valence-corrected chi connectivity index (χ2v) is 5.30. The van der Waals surface area contributed by atoms with Gasteiger partial charge in [-0.05, 0) is 33.3 Å². The predicted octanol–water partition coefficient (Wildman–Crippen LogP) is 2.55. The van der Waals surface area contributed by atoms with E-state index in [1.54, 1.807) is 20.8 Å². The normalized spacial score (nSPS) is 12.9. The average molecular weight is 251 g/mol. The van der Waals surface area contributed by atoms with Gasteiger partial charge < -0.3 is 15.2 Å². The summed E-state index contributed by atoms with van der Waals surface area (Å²) in [4.78, 5) is 11.6. The van der Waals surface area contributed by atoms with E-state index in [-0.39, 0.29) is 6.61 Å². The summed E-state index contributed by atoms with van der Waals surface area (Å²) in [5, 5.41) is 12.0. The number of rotatable bonds is 3. The van der Waals surface area contributed by atoms with Crippen LogP contribution in [0, 0.1) is 6.92 Å². The number of aliphatic hydroxyl groups excluding tert-OH is 1. The Morgan fingerprint density at radius 3 is 2.61 bits per heavy atom. The molecule has 0 saturated carbocycles. The van der Waals surface area contributed by atoms with E-state index in [2.05, 4.69) is 5.32 Å². The van der Waals surface area contributed by atoms with Crippen LogP contribution in [0.4, 0.5) is 4.79 Å². The molecule has 1 atom stereocenters. The minimum atomic E-state index is -0.545. The zero-order valence-corrected chi connectivity index (χ0v) is 11.4. The van der Waals surface area contributed by atoms with Crippen LogP contribution in [0.2, 0.25) is 0 Å². The van der Waals surface area contributed by atoms with E-state index >= 15 is 0 Å². The summed E-state index contributed by atoms with van der Waals surface area (Å²) < 4.78 is 5.16. The van der Waals surface area contributed by atoms with Gasteiger partial charge in [0.05, 0.1) is 12.6 Å². The van der Waals surface area contributed by atoms with Gasteiger partial charge in [0.2, 0.25) is 0 Å². The van der Waals surface area contributed by atoms with Crippen LogP contribution in [-0.2, 0) is 4.74 Å². The lowest BCUT2D eigenvalue weighted by atomic mass is 10.1. The van der Waals surface area contributed by atoms with E-state index in [1.807, 2.05) is 31.2 Å². The summed E-state index contributed by atoms with van der Waals surface area (Å²) >= 11 is 0. The Balaban J connectivity index is 2.71. The van der Waals surface area contributed by atoms with Gasteiger partial charge in [0.1, 0.15) is 5.60 Å². The molecule has 0 saturated heterocycles. The van der Waals surface area contributed by atoms with Crippen LogP contribution in [0.1, 0.15) is 37.9 Å². The van der Waals surface area contributed by atoms with E-state index < -0.39 is 17.7 Å². The fourth-order valence-corrected chi connectivity index (χ4v) is 1.57. The van der Waals surface area contributed by atoms with Gasteiger partial charge in [-0.25, -0.2) is 4.79 Å². The highest BCUT2D eigenvalue weighted by Gasteiger charge is 2.20. The standard InChI is InChI=1S/C14H21NO3/c1-10-6-5-7-11(8-10)12(9-16)15-13(17)18-14(2,3)4/h5-8,12,16H,9H2,1-4H3,(H,15,17)/t12-/m0/s1. The molecule has 1 amide bonds. The molecule has 0 fully saturated rings. The Morgan fingerprint density at radius 1 is 1.44 bits per heavy atom. The molecule has 0 radical (unpaired) electrons. The minimum absolute atomic E-state index is 0.164. The van der Waals surface area contributed by atoms with E-state index in [4.69, 9.17) is 4.74 Å². The van der Waals surface area contributed by atoms with Gasteiger partial charge in [-0.1, -0.05) is 29.8 Å². The number of benzene rings is 1. The number of hydrogen-bond donors (Lipinski definition) is 2. The third kappa shape index (κ3) is 4.75. The third-order valence-corrected chi connectivity index (χ3v) is 2.32. The molecule has 18 heavy (non-hydrogen) atoms. The van der Waals surface area contributed by atoms with Crippen molar-refractivity contribution >= 4 is 6.09 Å². The second-order valence-electron chi connectivity index (χ2n) is 5.30. The molecule has 0 aliphatic rings. The molecule has 4 heteroatoms. The van der Waals surface area contributed by atoms with Crippen LogP contribution in [0.5, 0.6) is 0 Å². The highest BCUT2D eigenvalue weighted by Crippen LogP contribution is 2.15. The second kappa shape index (κ2) is 5.87. The largest absolute Gasteiger partial charge is 0.444 e. The number of ether oxygens (including phenoxy) is 1. The fraction of sp³-hybridized carbons (Fsp3) is 0.500. The molecule has 1 rings (SSSR count). The molecule has 0 spiro atoms. The summed E-state index contributed by atoms with van der Waals surface area (Å²) in [6, 6.07) is 7.21. The quantitative estimate of drug-likeness (QED) is 0.868. The van der Waals surface area contributed by atoms with E-state index in [1.165, 1.54) is 0 Å². The number of hydrogen-bond acceptors (Lipinski definition) is 3. The Kier molecular flexibility index (Phi) is 4.73. The van der Waals surface area contributed by atoms with Gasteiger partial charge in [0.25, 0.3) is 0 Å². The molecule has 0 aliphatic carbocycles. The first-order valence-electron chi connectivity index (χ1n) is 5.99. The first-order chi connectivity index (χ1) is 8.31. The number of amides is 1. The number of nitrogens with one attached hydrogen (secondary N) is 1. The zero-order chi connectivity index (χ0) is 13.8. The van der Waals surface area contributed by atoms with Crippen LogP contribution in [0.3, 0.4) is 0 Å². The van der Waals surface area contributed by atoms with Gasteiger partial charge in [0.15, 0.2) is 0 Å². The highest BCUT2D eigenvalue weighted by atomic mass is 16.6. The van der Waals surface area contributed by atoms with Gasteiger partial charge >= 0.3 is 6.09 Å². The Hall–Kier alpha value is -1.55. The van der Waals surface area contributed by atoms with Crippen LogP contribution in [0.15, 0.2) is 24.3 Å². The topological polar surface area (TPSA) is 58.6 Å². The number of aryl methyl sites for hydroxylation is 1. The molecular weight excluding hydrogens is 230 g/mol. The molecule has 1 aromatic carbocycles. The van der Waals surface area contributed by atoms with Crippen molar-refractivity contribution in [1.82, 2.24) is 5.32 Å². The Labute approximate surface area is 108 Å². The van der Waals surface area contributed by atoms with Crippen molar-refractivity contribution < 1.29 is 14.6 Å². The molecular formula is C14H21NO3. The Bertz CT molecular complexity index is 410. The van der Waals surface area contributed by atoms with E-state index in [9.17, 15) is 9.90 Å². The molecule has 0 unspecified atom stereocenters. The lowest BCUT2D eigenvalue weighted by molar-refractivity contribution is 0.0482. The molecule has 0 bridgehead atoms. The number of aliphatic hydroxyl groups is 1. The predicted molar refractivity (Wildman–Crippen MR) is 70.4 cm³/mol. The summed E-state index contributed by atoms with van der Waals surface area (Å²) in [6.07, 6.45) is -0.525. The maximum absolute atomic E-state index is 11.6. The van der Waals surface area contributed by atoms with Crippen molar-refractivity contribution in [2.24, 2.45) is 0 Å². The SMILES string of the molecule is Cc1cccc([C@H](CO)NC(=O)OC(C)(C)C)c1. The smallest absolute Gasteiger partial charge is 0.408 e.